The SMILES string of the molecule is O=C(Cc1ccsc1)C1CCCOC1. The van der Waals surface area contributed by atoms with Crippen molar-refractivity contribution < 1.29 is 9.53 Å². The predicted octanol–water partition coefficient (Wildman–Crippen LogP) is 2.29. The maximum absolute atomic E-state index is 11.8. The third-order valence-corrected chi connectivity index (χ3v) is 3.31. The molecule has 1 saturated heterocycles. The van der Waals surface area contributed by atoms with E-state index in [4.69, 9.17) is 4.74 Å². The second-order valence-corrected chi connectivity index (χ2v) is 4.47. The number of carbonyl (C=O) groups is 1. The van der Waals surface area contributed by atoms with E-state index in [0.717, 1.165) is 25.0 Å². The first-order chi connectivity index (χ1) is 6.86. The van der Waals surface area contributed by atoms with Gasteiger partial charge in [-0.15, -0.1) is 0 Å². The molecule has 0 aromatic carbocycles. The molecule has 1 aliphatic heterocycles. The Balaban J connectivity index is 1.88. The van der Waals surface area contributed by atoms with Gasteiger partial charge in [-0.1, -0.05) is 0 Å². The predicted molar refractivity (Wildman–Crippen MR) is 56.6 cm³/mol. The van der Waals surface area contributed by atoms with Gasteiger partial charge in [-0.25, -0.2) is 0 Å². The minimum absolute atomic E-state index is 0.142. The standard InChI is InChI=1S/C11H14O2S/c12-11(6-9-3-5-14-8-9)10-2-1-4-13-7-10/h3,5,8,10H,1-2,4,6-7H2. The molecule has 2 heterocycles. The molecular weight excluding hydrogens is 196 g/mol. The van der Waals surface area contributed by atoms with Crippen LogP contribution in [0.1, 0.15) is 18.4 Å². The summed E-state index contributed by atoms with van der Waals surface area (Å²) >= 11 is 1.64. The second-order valence-electron chi connectivity index (χ2n) is 3.69. The minimum atomic E-state index is 0.142. The average Bonchev–Trinajstić information content (AvgIpc) is 2.72. The number of ether oxygens (including phenoxy) is 1. The molecule has 1 aromatic heterocycles. The van der Waals surface area contributed by atoms with Crippen LogP contribution in [0, 0.1) is 5.92 Å². The third-order valence-electron chi connectivity index (χ3n) is 2.57. The fourth-order valence-corrected chi connectivity index (χ4v) is 2.40. The summed E-state index contributed by atoms with van der Waals surface area (Å²) in [6, 6.07) is 2.02. The number of carbonyl (C=O) groups excluding carboxylic acids is 1. The fourth-order valence-electron chi connectivity index (χ4n) is 1.73. The maximum Gasteiger partial charge on any atom is 0.142 e. The van der Waals surface area contributed by atoms with Gasteiger partial charge in [0.1, 0.15) is 5.78 Å². The Bertz CT molecular complexity index is 286. The van der Waals surface area contributed by atoms with Crippen molar-refractivity contribution in [1.29, 1.82) is 0 Å². The molecule has 2 nitrogen and oxygen atoms in total. The van der Waals surface area contributed by atoms with Gasteiger partial charge in [0.05, 0.1) is 6.61 Å². The lowest BCUT2D eigenvalue weighted by molar-refractivity contribution is -0.126. The fraction of sp³-hybridized carbons (Fsp3) is 0.545. The Hall–Kier alpha value is -0.670. The molecule has 2 rings (SSSR count). The highest BCUT2D eigenvalue weighted by Gasteiger charge is 2.21. The molecule has 1 aliphatic rings. The van der Waals surface area contributed by atoms with Gasteiger partial charge in [0.15, 0.2) is 0 Å². The van der Waals surface area contributed by atoms with Crippen molar-refractivity contribution in [2.45, 2.75) is 19.3 Å². The number of ketones is 1. The highest BCUT2D eigenvalue weighted by molar-refractivity contribution is 7.07. The summed E-state index contributed by atoms with van der Waals surface area (Å²) < 4.78 is 5.30. The Morgan fingerprint density at radius 1 is 1.64 bits per heavy atom. The summed E-state index contributed by atoms with van der Waals surface area (Å²) in [6.07, 6.45) is 2.61. The van der Waals surface area contributed by atoms with E-state index in [0.29, 0.717) is 18.8 Å². The first-order valence-corrected chi connectivity index (χ1v) is 5.92. The first kappa shape index (κ1) is 9.87. The quantitative estimate of drug-likeness (QED) is 0.765. The molecule has 14 heavy (non-hydrogen) atoms. The van der Waals surface area contributed by atoms with Crippen LogP contribution in [0.5, 0.6) is 0 Å². The minimum Gasteiger partial charge on any atom is -0.381 e. The first-order valence-electron chi connectivity index (χ1n) is 4.98. The largest absolute Gasteiger partial charge is 0.381 e. The zero-order valence-corrected chi connectivity index (χ0v) is 8.89. The summed E-state index contributed by atoms with van der Waals surface area (Å²) in [5, 5.41) is 4.06. The summed E-state index contributed by atoms with van der Waals surface area (Å²) in [5.74, 6) is 0.478. The lowest BCUT2D eigenvalue weighted by Gasteiger charge is -2.20. The van der Waals surface area contributed by atoms with Crippen molar-refractivity contribution >= 4 is 17.1 Å². The highest BCUT2D eigenvalue weighted by atomic mass is 32.1. The lowest BCUT2D eigenvalue weighted by atomic mass is 9.94. The van der Waals surface area contributed by atoms with E-state index in [2.05, 4.69) is 0 Å². The number of thiophene rings is 1. The number of Topliss-reactive ketones (excluding diaryl/α,β-unsaturated/α-hetero) is 1. The smallest absolute Gasteiger partial charge is 0.142 e. The van der Waals surface area contributed by atoms with Crippen LogP contribution < -0.4 is 0 Å². The van der Waals surface area contributed by atoms with E-state index >= 15 is 0 Å². The van der Waals surface area contributed by atoms with Gasteiger partial charge in [0, 0.05) is 18.9 Å². The van der Waals surface area contributed by atoms with Gasteiger partial charge in [0.2, 0.25) is 0 Å². The van der Waals surface area contributed by atoms with E-state index in [1.54, 1.807) is 11.3 Å². The molecule has 0 amide bonds. The van der Waals surface area contributed by atoms with Crippen LogP contribution in [0.2, 0.25) is 0 Å². The Labute approximate surface area is 87.9 Å². The van der Waals surface area contributed by atoms with Crippen LogP contribution in [0.15, 0.2) is 16.8 Å². The summed E-state index contributed by atoms with van der Waals surface area (Å²) in [5.41, 5.74) is 1.14. The van der Waals surface area contributed by atoms with Crippen molar-refractivity contribution in [2.24, 2.45) is 5.92 Å². The van der Waals surface area contributed by atoms with Gasteiger partial charge < -0.3 is 4.74 Å². The molecule has 1 aromatic rings. The molecule has 0 radical (unpaired) electrons. The molecule has 0 spiro atoms. The Morgan fingerprint density at radius 2 is 2.57 bits per heavy atom. The van der Waals surface area contributed by atoms with Crippen molar-refractivity contribution in [3.8, 4) is 0 Å². The molecule has 3 heteroatoms. The Kier molecular flexibility index (Phi) is 3.32. The van der Waals surface area contributed by atoms with Gasteiger partial charge in [0.25, 0.3) is 0 Å². The number of hydrogen-bond acceptors (Lipinski definition) is 3. The van der Waals surface area contributed by atoms with E-state index in [1.165, 1.54) is 0 Å². The van der Waals surface area contributed by atoms with Crippen LogP contribution in [-0.2, 0) is 16.0 Å². The molecule has 1 fully saturated rings. The third kappa shape index (κ3) is 2.42. The summed E-state index contributed by atoms with van der Waals surface area (Å²) in [7, 11) is 0. The molecule has 0 aliphatic carbocycles. The molecule has 0 N–H and O–H groups in total. The molecule has 1 atom stereocenters. The van der Waals surface area contributed by atoms with E-state index in [9.17, 15) is 4.79 Å². The molecule has 76 valence electrons. The van der Waals surface area contributed by atoms with Gasteiger partial charge in [-0.2, -0.15) is 11.3 Å². The van der Waals surface area contributed by atoms with Crippen molar-refractivity contribution in [3.05, 3.63) is 22.4 Å². The lowest BCUT2D eigenvalue weighted by Crippen LogP contribution is -2.26. The van der Waals surface area contributed by atoms with Crippen LogP contribution in [0.4, 0.5) is 0 Å². The van der Waals surface area contributed by atoms with Gasteiger partial charge in [-0.3, -0.25) is 4.79 Å². The number of rotatable bonds is 3. The Morgan fingerprint density at radius 3 is 3.21 bits per heavy atom. The average molecular weight is 210 g/mol. The second kappa shape index (κ2) is 4.71. The maximum atomic E-state index is 11.8. The van der Waals surface area contributed by atoms with Crippen molar-refractivity contribution in [3.63, 3.8) is 0 Å². The van der Waals surface area contributed by atoms with E-state index in [-0.39, 0.29) is 5.92 Å². The molecular formula is C11H14O2S. The highest BCUT2D eigenvalue weighted by Crippen LogP contribution is 2.17. The summed E-state index contributed by atoms with van der Waals surface area (Å²) in [6.45, 7) is 1.45. The monoisotopic (exact) mass is 210 g/mol. The van der Waals surface area contributed by atoms with Crippen LogP contribution >= 0.6 is 11.3 Å². The van der Waals surface area contributed by atoms with Gasteiger partial charge in [-0.05, 0) is 35.2 Å². The summed E-state index contributed by atoms with van der Waals surface area (Å²) in [4.78, 5) is 11.8. The molecule has 0 saturated carbocycles. The van der Waals surface area contributed by atoms with Crippen molar-refractivity contribution in [1.82, 2.24) is 0 Å². The normalized spacial score (nSPS) is 22.1. The van der Waals surface area contributed by atoms with Crippen LogP contribution in [0.3, 0.4) is 0 Å². The zero-order valence-electron chi connectivity index (χ0n) is 8.07. The molecule has 1 unspecified atom stereocenters. The van der Waals surface area contributed by atoms with E-state index in [1.807, 2.05) is 16.8 Å². The van der Waals surface area contributed by atoms with Crippen molar-refractivity contribution in [2.75, 3.05) is 13.2 Å². The van der Waals surface area contributed by atoms with Crippen LogP contribution in [-0.4, -0.2) is 19.0 Å². The zero-order chi connectivity index (χ0) is 9.80. The van der Waals surface area contributed by atoms with E-state index < -0.39 is 0 Å². The topological polar surface area (TPSA) is 26.3 Å². The van der Waals surface area contributed by atoms with Gasteiger partial charge >= 0.3 is 0 Å². The number of hydrogen-bond donors (Lipinski definition) is 0. The van der Waals surface area contributed by atoms with Crippen LogP contribution in [0.25, 0.3) is 0 Å². The molecule has 0 bridgehead atoms.